The number of benzene rings is 1. The molecule has 0 radical (unpaired) electrons. The fourth-order valence-corrected chi connectivity index (χ4v) is 3.67. The van der Waals surface area contributed by atoms with E-state index in [0.29, 0.717) is 39.8 Å². The van der Waals surface area contributed by atoms with Crippen molar-refractivity contribution in [3.05, 3.63) is 39.2 Å². The number of carboxylic acid groups (broad SMARTS) is 1. The summed E-state index contributed by atoms with van der Waals surface area (Å²) in [6, 6.07) is 2.27. The quantitative estimate of drug-likeness (QED) is 0.432. The molecule has 2 rings (SSSR count). The van der Waals surface area contributed by atoms with Gasteiger partial charge in [0, 0.05) is 22.9 Å². The SMILES string of the molecule is CCSCC[C@@H](NC(=O)CCc1c(C)c2ccc(O)c(C)c2oc1=O)C(=O)O. The molecular formula is C20H25NO6S. The van der Waals surface area contributed by atoms with Gasteiger partial charge in [-0.25, -0.2) is 9.59 Å². The first-order valence-corrected chi connectivity index (χ1v) is 10.3. The van der Waals surface area contributed by atoms with E-state index in [4.69, 9.17) is 4.42 Å². The van der Waals surface area contributed by atoms with Gasteiger partial charge in [-0.1, -0.05) is 6.92 Å². The molecule has 0 fully saturated rings. The zero-order valence-electron chi connectivity index (χ0n) is 16.2. The van der Waals surface area contributed by atoms with Crippen LogP contribution in [0.2, 0.25) is 0 Å². The Kier molecular flexibility index (Phi) is 7.51. The van der Waals surface area contributed by atoms with Crippen molar-refractivity contribution in [3.8, 4) is 5.75 Å². The number of nitrogens with one attached hydrogen (secondary N) is 1. The van der Waals surface area contributed by atoms with Crippen molar-refractivity contribution >= 4 is 34.6 Å². The lowest BCUT2D eigenvalue weighted by atomic mass is 10.00. The average Bonchev–Trinajstić information content (AvgIpc) is 2.64. The van der Waals surface area contributed by atoms with Gasteiger partial charge in [0.05, 0.1) is 0 Å². The Morgan fingerprint density at radius 3 is 2.61 bits per heavy atom. The van der Waals surface area contributed by atoms with Gasteiger partial charge in [0.2, 0.25) is 5.91 Å². The van der Waals surface area contributed by atoms with E-state index < -0.39 is 23.5 Å². The molecule has 0 unspecified atom stereocenters. The highest BCUT2D eigenvalue weighted by molar-refractivity contribution is 7.99. The van der Waals surface area contributed by atoms with Gasteiger partial charge in [0.1, 0.15) is 17.4 Å². The smallest absolute Gasteiger partial charge is 0.339 e. The number of carboxylic acids is 1. The summed E-state index contributed by atoms with van der Waals surface area (Å²) in [5.41, 5.74) is 1.32. The molecule has 0 spiro atoms. The summed E-state index contributed by atoms with van der Waals surface area (Å²) in [6.07, 6.45) is 0.476. The Labute approximate surface area is 167 Å². The van der Waals surface area contributed by atoms with Crippen LogP contribution in [0.4, 0.5) is 0 Å². The van der Waals surface area contributed by atoms with Crippen molar-refractivity contribution in [1.82, 2.24) is 5.32 Å². The van der Waals surface area contributed by atoms with Crippen molar-refractivity contribution in [2.75, 3.05) is 11.5 Å². The van der Waals surface area contributed by atoms with Crippen LogP contribution in [0.15, 0.2) is 21.3 Å². The molecule has 0 saturated heterocycles. The Balaban J connectivity index is 2.12. The van der Waals surface area contributed by atoms with Gasteiger partial charge in [0.25, 0.3) is 0 Å². The lowest BCUT2D eigenvalue weighted by molar-refractivity contribution is -0.141. The molecule has 0 aliphatic heterocycles. The fraction of sp³-hybridized carbons (Fsp3) is 0.450. The van der Waals surface area contributed by atoms with E-state index in [-0.39, 0.29) is 18.6 Å². The Morgan fingerprint density at radius 1 is 1.25 bits per heavy atom. The molecular weight excluding hydrogens is 382 g/mol. The second kappa shape index (κ2) is 9.64. The number of phenolic OH excluding ortho intramolecular Hbond substituents is 1. The number of carbonyl (C=O) groups excluding carboxylic acids is 1. The molecule has 28 heavy (non-hydrogen) atoms. The molecule has 2 aromatic rings. The zero-order chi connectivity index (χ0) is 20.8. The van der Waals surface area contributed by atoms with Crippen LogP contribution in [-0.2, 0) is 16.0 Å². The number of aryl methyl sites for hydroxylation is 2. The molecule has 0 aliphatic rings. The van der Waals surface area contributed by atoms with Gasteiger partial charge in [0.15, 0.2) is 0 Å². The van der Waals surface area contributed by atoms with Crippen LogP contribution >= 0.6 is 11.8 Å². The number of rotatable bonds is 9. The van der Waals surface area contributed by atoms with Gasteiger partial charge in [-0.05, 0) is 55.9 Å². The molecule has 1 atom stereocenters. The number of carbonyl (C=O) groups is 2. The number of phenols is 1. The van der Waals surface area contributed by atoms with Crippen LogP contribution in [0, 0.1) is 13.8 Å². The number of thioether (sulfide) groups is 1. The third-order valence-corrected chi connectivity index (χ3v) is 5.60. The number of hydrogen-bond donors (Lipinski definition) is 3. The van der Waals surface area contributed by atoms with Crippen LogP contribution < -0.4 is 10.9 Å². The van der Waals surface area contributed by atoms with Gasteiger partial charge < -0.3 is 19.9 Å². The molecule has 1 amide bonds. The van der Waals surface area contributed by atoms with Gasteiger partial charge in [-0.2, -0.15) is 11.8 Å². The van der Waals surface area contributed by atoms with E-state index in [1.54, 1.807) is 31.7 Å². The monoisotopic (exact) mass is 407 g/mol. The molecule has 152 valence electrons. The van der Waals surface area contributed by atoms with Crippen molar-refractivity contribution in [3.63, 3.8) is 0 Å². The van der Waals surface area contributed by atoms with Gasteiger partial charge in [-0.15, -0.1) is 0 Å². The molecule has 0 saturated carbocycles. The van der Waals surface area contributed by atoms with E-state index in [9.17, 15) is 24.6 Å². The normalized spacial score (nSPS) is 12.1. The predicted octanol–water partition coefficient (Wildman–Crippen LogP) is 2.76. The van der Waals surface area contributed by atoms with Crippen LogP contribution in [0.3, 0.4) is 0 Å². The largest absolute Gasteiger partial charge is 0.508 e. The summed E-state index contributed by atoms with van der Waals surface area (Å²) in [6.45, 7) is 5.42. The number of hydrogen-bond acceptors (Lipinski definition) is 6. The summed E-state index contributed by atoms with van der Waals surface area (Å²) in [5, 5.41) is 22.3. The van der Waals surface area contributed by atoms with Crippen molar-refractivity contribution in [1.29, 1.82) is 0 Å². The fourth-order valence-electron chi connectivity index (χ4n) is 2.98. The molecule has 0 bridgehead atoms. The maximum Gasteiger partial charge on any atom is 0.339 e. The second-order valence-corrected chi connectivity index (χ2v) is 7.92. The lowest BCUT2D eigenvalue weighted by Crippen LogP contribution is -2.41. The second-order valence-electron chi connectivity index (χ2n) is 6.52. The first-order valence-electron chi connectivity index (χ1n) is 9.11. The maximum absolute atomic E-state index is 12.4. The standard InChI is InChI=1S/C20H25NO6S/c1-4-28-10-9-15(19(24)25)21-17(23)8-6-14-11(2)13-5-7-16(22)12(3)18(13)27-20(14)26/h5,7,15,22H,4,6,8-10H2,1-3H3,(H,21,23)(H,24,25)/t15-/m1/s1. The maximum atomic E-state index is 12.4. The van der Waals surface area contributed by atoms with Crippen LogP contribution in [0.1, 0.15) is 36.5 Å². The summed E-state index contributed by atoms with van der Waals surface area (Å²) in [4.78, 5) is 35.9. The molecule has 1 aromatic heterocycles. The Hall–Kier alpha value is -2.48. The van der Waals surface area contributed by atoms with E-state index in [1.165, 1.54) is 6.07 Å². The first-order chi connectivity index (χ1) is 13.3. The highest BCUT2D eigenvalue weighted by Gasteiger charge is 2.20. The number of fused-ring (bicyclic) bond motifs is 1. The minimum absolute atomic E-state index is 0.0150. The van der Waals surface area contributed by atoms with Crippen LogP contribution in [0.25, 0.3) is 11.0 Å². The molecule has 0 aliphatic carbocycles. The summed E-state index contributed by atoms with van der Waals surface area (Å²) in [5.74, 6) is 0.0848. The third kappa shape index (κ3) is 5.07. The van der Waals surface area contributed by atoms with Gasteiger partial charge in [-0.3, -0.25) is 4.79 Å². The third-order valence-electron chi connectivity index (χ3n) is 4.67. The van der Waals surface area contributed by atoms with Crippen LogP contribution in [0.5, 0.6) is 5.75 Å². The van der Waals surface area contributed by atoms with E-state index in [1.807, 2.05) is 6.92 Å². The minimum atomic E-state index is -1.07. The summed E-state index contributed by atoms with van der Waals surface area (Å²) >= 11 is 1.61. The topological polar surface area (TPSA) is 117 Å². The van der Waals surface area contributed by atoms with Crippen molar-refractivity contribution < 1.29 is 24.2 Å². The highest BCUT2D eigenvalue weighted by Crippen LogP contribution is 2.28. The first kappa shape index (κ1) is 21.8. The van der Waals surface area contributed by atoms with E-state index in [0.717, 1.165) is 5.75 Å². The Morgan fingerprint density at radius 2 is 1.96 bits per heavy atom. The molecule has 8 heteroatoms. The molecule has 1 heterocycles. The van der Waals surface area contributed by atoms with Crippen molar-refractivity contribution in [2.45, 2.75) is 46.1 Å². The Bertz CT molecular complexity index is 936. The molecule has 3 N–H and O–H groups in total. The zero-order valence-corrected chi connectivity index (χ0v) is 17.0. The average molecular weight is 407 g/mol. The van der Waals surface area contributed by atoms with Gasteiger partial charge >= 0.3 is 11.6 Å². The highest BCUT2D eigenvalue weighted by atomic mass is 32.2. The lowest BCUT2D eigenvalue weighted by Gasteiger charge is -2.14. The number of aliphatic carboxylic acids is 1. The summed E-state index contributed by atoms with van der Waals surface area (Å²) in [7, 11) is 0. The van der Waals surface area contributed by atoms with E-state index in [2.05, 4.69) is 5.32 Å². The molecule has 7 nitrogen and oxygen atoms in total. The van der Waals surface area contributed by atoms with E-state index >= 15 is 0 Å². The van der Waals surface area contributed by atoms with Crippen molar-refractivity contribution in [2.24, 2.45) is 0 Å². The minimum Gasteiger partial charge on any atom is -0.508 e. The predicted molar refractivity (Wildman–Crippen MR) is 109 cm³/mol. The number of aromatic hydroxyl groups is 1. The van der Waals surface area contributed by atoms with Crippen LogP contribution in [-0.4, -0.2) is 39.6 Å². The number of amides is 1. The summed E-state index contributed by atoms with van der Waals surface area (Å²) < 4.78 is 5.36. The molecule has 1 aromatic carbocycles.